The number of pyridine rings is 1. The number of halogens is 4. The summed E-state index contributed by atoms with van der Waals surface area (Å²) in [7, 11) is 1.67. The maximum Gasteiger partial charge on any atom is 0.422 e. The molecule has 2 N–H and O–H groups in total. The maximum atomic E-state index is 12.1. The van der Waals surface area contributed by atoms with Gasteiger partial charge in [-0.2, -0.15) is 13.2 Å². The van der Waals surface area contributed by atoms with Gasteiger partial charge in [0, 0.05) is 38.4 Å². The van der Waals surface area contributed by atoms with Crippen LogP contribution >= 0.6 is 24.0 Å². The van der Waals surface area contributed by atoms with Crippen molar-refractivity contribution in [3.8, 4) is 5.75 Å². The molecule has 0 atom stereocenters. The molecule has 1 aromatic carbocycles. The third-order valence-electron chi connectivity index (χ3n) is 3.41. The topological polar surface area (TPSA) is 58.5 Å². The number of nitrogens with one attached hydrogen (secondary N) is 2. The van der Waals surface area contributed by atoms with Gasteiger partial charge in [-0.05, 0) is 29.8 Å². The Labute approximate surface area is 173 Å². The molecule has 148 valence electrons. The lowest BCUT2D eigenvalue weighted by Gasteiger charge is -2.12. The first-order valence-corrected chi connectivity index (χ1v) is 8.09. The van der Waals surface area contributed by atoms with Crippen molar-refractivity contribution in [2.75, 3.05) is 20.2 Å². The van der Waals surface area contributed by atoms with Crippen LogP contribution in [-0.4, -0.2) is 37.3 Å². The van der Waals surface area contributed by atoms with E-state index in [9.17, 15) is 13.2 Å². The van der Waals surface area contributed by atoms with Crippen molar-refractivity contribution in [3.05, 3.63) is 59.9 Å². The highest BCUT2D eigenvalue weighted by Gasteiger charge is 2.28. The van der Waals surface area contributed by atoms with Crippen LogP contribution in [0.1, 0.15) is 11.3 Å². The van der Waals surface area contributed by atoms with Gasteiger partial charge in [0.15, 0.2) is 12.6 Å². The molecule has 0 amide bonds. The lowest BCUT2D eigenvalue weighted by atomic mass is 10.2. The van der Waals surface area contributed by atoms with E-state index in [0.717, 1.165) is 17.7 Å². The second kappa shape index (κ2) is 11.6. The average molecular weight is 494 g/mol. The molecule has 0 radical (unpaired) electrons. The number of aromatic nitrogens is 1. The van der Waals surface area contributed by atoms with Crippen molar-refractivity contribution in [1.29, 1.82) is 0 Å². The molecule has 0 aliphatic rings. The van der Waals surface area contributed by atoms with Crippen LogP contribution in [0.15, 0.2) is 53.7 Å². The van der Waals surface area contributed by atoms with Crippen molar-refractivity contribution in [2.45, 2.75) is 19.1 Å². The van der Waals surface area contributed by atoms with Gasteiger partial charge in [0.05, 0.1) is 0 Å². The molecule has 0 bridgehead atoms. The van der Waals surface area contributed by atoms with Gasteiger partial charge in [-0.3, -0.25) is 9.98 Å². The van der Waals surface area contributed by atoms with E-state index in [-0.39, 0.29) is 29.7 Å². The minimum Gasteiger partial charge on any atom is -0.484 e. The minimum absolute atomic E-state index is 0. The van der Waals surface area contributed by atoms with Crippen LogP contribution < -0.4 is 15.4 Å². The molecular weight excluding hydrogens is 472 g/mol. The van der Waals surface area contributed by atoms with Gasteiger partial charge >= 0.3 is 6.18 Å². The van der Waals surface area contributed by atoms with E-state index >= 15 is 0 Å². The van der Waals surface area contributed by atoms with Gasteiger partial charge in [-0.25, -0.2) is 0 Å². The summed E-state index contributed by atoms with van der Waals surface area (Å²) in [5.74, 6) is 0.822. The van der Waals surface area contributed by atoms with Crippen molar-refractivity contribution in [3.63, 3.8) is 0 Å². The molecule has 1 heterocycles. The third kappa shape index (κ3) is 9.45. The predicted molar refractivity (Wildman–Crippen MR) is 110 cm³/mol. The monoisotopic (exact) mass is 494 g/mol. The third-order valence-corrected chi connectivity index (χ3v) is 3.41. The quantitative estimate of drug-likeness (QED) is 0.352. The molecule has 27 heavy (non-hydrogen) atoms. The molecule has 2 rings (SSSR count). The summed E-state index contributed by atoms with van der Waals surface area (Å²) in [5, 5.41) is 6.33. The fourth-order valence-corrected chi connectivity index (χ4v) is 2.13. The van der Waals surface area contributed by atoms with Crippen LogP contribution in [0.5, 0.6) is 5.75 Å². The molecule has 0 aliphatic heterocycles. The van der Waals surface area contributed by atoms with Crippen LogP contribution in [0.25, 0.3) is 0 Å². The Hall–Kier alpha value is -2.04. The SMILES string of the molecule is CN=C(NCCc1ccccn1)NCc1ccc(OCC(F)(F)F)cc1.I. The summed E-state index contributed by atoms with van der Waals surface area (Å²) in [5.41, 5.74) is 1.89. The van der Waals surface area contributed by atoms with Gasteiger partial charge in [0.25, 0.3) is 0 Å². The number of guanidine groups is 1. The number of hydrogen-bond donors (Lipinski definition) is 2. The largest absolute Gasteiger partial charge is 0.484 e. The normalized spacial score (nSPS) is 11.5. The Morgan fingerprint density at radius 3 is 2.44 bits per heavy atom. The van der Waals surface area contributed by atoms with E-state index < -0.39 is 12.8 Å². The molecule has 9 heteroatoms. The predicted octanol–water partition coefficient (Wildman–Crippen LogP) is 3.55. The molecule has 1 aromatic heterocycles. The van der Waals surface area contributed by atoms with Crippen LogP contribution in [-0.2, 0) is 13.0 Å². The smallest absolute Gasteiger partial charge is 0.422 e. The van der Waals surface area contributed by atoms with Gasteiger partial charge in [-0.15, -0.1) is 24.0 Å². The first kappa shape index (κ1) is 23.0. The van der Waals surface area contributed by atoms with E-state index in [2.05, 4.69) is 25.3 Å². The van der Waals surface area contributed by atoms with E-state index in [1.165, 1.54) is 12.1 Å². The lowest BCUT2D eigenvalue weighted by Crippen LogP contribution is -2.37. The number of benzene rings is 1. The number of ether oxygens (including phenoxy) is 1. The molecular formula is C18H22F3IN4O. The Morgan fingerprint density at radius 2 is 1.85 bits per heavy atom. The average Bonchev–Trinajstić information content (AvgIpc) is 2.64. The summed E-state index contributed by atoms with van der Waals surface area (Å²) in [6.45, 7) is -0.124. The molecule has 2 aromatic rings. The van der Waals surface area contributed by atoms with E-state index in [4.69, 9.17) is 0 Å². The first-order chi connectivity index (χ1) is 12.5. The van der Waals surface area contributed by atoms with Crippen LogP contribution in [0.3, 0.4) is 0 Å². The second-order valence-electron chi connectivity index (χ2n) is 5.47. The zero-order valence-electron chi connectivity index (χ0n) is 14.8. The highest BCUT2D eigenvalue weighted by atomic mass is 127. The van der Waals surface area contributed by atoms with Crippen LogP contribution in [0, 0.1) is 0 Å². The number of alkyl halides is 3. The number of rotatable bonds is 7. The molecule has 0 unspecified atom stereocenters. The lowest BCUT2D eigenvalue weighted by molar-refractivity contribution is -0.153. The Bertz CT molecular complexity index is 694. The Kier molecular flexibility index (Phi) is 9.90. The number of nitrogens with zero attached hydrogens (tertiary/aromatic N) is 2. The van der Waals surface area contributed by atoms with E-state index in [0.29, 0.717) is 19.0 Å². The van der Waals surface area contributed by atoms with Crippen molar-refractivity contribution < 1.29 is 17.9 Å². The van der Waals surface area contributed by atoms with Crippen molar-refractivity contribution in [1.82, 2.24) is 15.6 Å². The summed E-state index contributed by atoms with van der Waals surface area (Å²) in [6.07, 6.45) is -1.81. The summed E-state index contributed by atoms with van der Waals surface area (Å²) in [4.78, 5) is 8.38. The van der Waals surface area contributed by atoms with Crippen LogP contribution in [0.4, 0.5) is 13.2 Å². The highest BCUT2D eigenvalue weighted by molar-refractivity contribution is 14.0. The second-order valence-corrected chi connectivity index (χ2v) is 5.47. The van der Waals surface area contributed by atoms with Crippen molar-refractivity contribution >= 4 is 29.9 Å². The number of hydrogen-bond acceptors (Lipinski definition) is 3. The molecule has 5 nitrogen and oxygen atoms in total. The van der Waals surface area contributed by atoms with Gasteiger partial charge < -0.3 is 15.4 Å². The first-order valence-electron chi connectivity index (χ1n) is 8.09. The molecule has 0 fully saturated rings. The van der Waals surface area contributed by atoms with Gasteiger partial charge in [0.1, 0.15) is 5.75 Å². The molecule has 0 aliphatic carbocycles. The van der Waals surface area contributed by atoms with Crippen molar-refractivity contribution in [2.24, 2.45) is 4.99 Å². The maximum absolute atomic E-state index is 12.1. The van der Waals surface area contributed by atoms with Crippen LogP contribution in [0.2, 0.25) is 0 Å². The van der Waals surface area contributed by atoms with Gasteiger partial charge in [0.2, 0.25) is 0 Å². The summed E-state index contributed by atoms with van der Waals surface area (Å²) in [6, 6.07) is 12.2. The zero-order chi connectivity index (χ0) is 18.8. The fraction of sp³-hybridized carbons (Fsp3) is 0.333. The van der Waals surface area contributed by atoms with Gasteiger partial charge in [-0.1, -0.05) is 18.2 Å². The minimum atomic E-state index is -4.34. The highest BCUT2D eigenvalue weighted by Crippen LogP contribution is 2.18. The Morgan fingerprint density at radius 1 is 1.11 bits per heavy atom. The number of aliphatic imine (C=N–C) groups is 1. The summed E-state index contributed by atoms with van der Waals surface area (Å²) >= 11 is 0. The summed E-state index contributed by atoms with van der Waals surface area (Å²) < 4.78 is 41.0. The molecule has 0 saturated carbocycles. The van der Waals surface area contributed by atoms with E-state index in [1.807, 2.05) is 18.2 Å². The fourth-order valence-electron chi connectivity index (χ4n) is 2.13. The zero-order valence-corrected chi connectivity index (χ0v) is 17.1. The molecule has 0 saturated heterocycles. The Balaban J connectivity index is 0.00000364. The standard InChI is InChI=1S/C18H21F3N4O.HI/c1-22-17(24-11-9-15-4-2-3-10-23-15)25-12-14-5-7-16(8-6-14)26-13-18(19,20)21;/h2-8,10H,9,11-13H2,1H3,(H2,22,24,25);1H. The van der Waals surface area contributed by atoms with E-state index in [1.54, 1.807) is 25.4 Å². The molecule has 0 spiro atoms.